The molecule has 2 rings (SSSR count). The standard InChI is InChI=1S/C15H24ClN5/c1-5-7-8-21(11(3)6-2)10-13-18-14(16)12-9-17-20(4)15(12)19-13/h9,11H,5-8,10H2,1-4H3. The lowest BCUT2D eigenvalue weighted by Crippen LogP contribution is -2.33. The van der Waals surface area contributed by atoms with Crippen molar-refractivity contribution >= 4 is 22.6 Å². The molecular formula is C15H24ClN5. The van der Waals surface area contributed by atoms with Gasteiger partial charge < -0.3 is 0 Å². The molecule has 0 saturated carbocycles. The Bertz CT molecular complexity index is 595. The van der Waals surface area contributed by atoms with Crippen molar-refractivity contribution in [1.82, 2.24) is 24.6 Å². The maximum atomic E-state index is 6.25. The van der Waals surface area contributed by atoms with Crippen molar-refractivity contribution in [2.75, 3.05) is 6.54 Å². The molecule has 0 aliphatic heterocycles. The van der Waals surface area contributed by atoms with Crippen molar-refractivity contribution in [2.45, 2.75) is 52.6 Å². The van der Waals surface area contributed by atoms with Crippen LogP contribution in [0.4, 0.5) is 0 Å². The van der Waals surface area contributed by atoms with Crippen LogP contribution >= 0.6 is 11.6 Å². The lowest BCUT2D eigenvalue weighted by Gasteiger charge is -2.27. The second kappa shape index (κ2) is 7.18. The molecule has 0 saturated heterocycles. The van der Waals surface area contributed by atoms with Crippen LogP contribution in [0.1, 0.15) is 45.9 Å². The topological polar surface area (TPSA) is 46.8 Å². The highest BCUT2D eigenvalue weighted by Crippen LogP contribution is 2.20. The fourth-order valence-corrected chi connectivity index (χ4v) is 2.59. The lowest BCUT2D eigenvalue weighted by atomic mass is 10.2. The van der Waals surface area contributed by atoms with Gasteiger partial charge in [-0.25, -0.2) is 9.97 Å². The third-order valence-corrected chi connectivity index (χ3v) is 4.24. The van der Waals surface area contributed by atoms with E-state index < -0.39 is 0 Å². The van der Waals surface area contributed by atoms with Crippen LogP contribution in [0, 0.1) is 0 Å². The maximum Gasteiger partial charge on any atom is 0.162 e. The Morgan fingerprint density at radius 1 is 1.33 bits per heavy atom. The predicted molar refractivity (Wildman–Crippen MR) is 86.4 cm³/mol. The van der Waals surface area contributed by atoms with Crippen molar-refractivity contribution in [1.29, 1.82) is 0 Å². The molecule has 116 valence electrons. The molecule has 2 aromatic rings. The van der Waals surface area contributed by atoms with E-state index >= 15 is 0 Å². The van der Waals surface area contributed by atoms with E-state index in [1.54, 1.807) is 10.9 Å². The molecule has 0 radical (unpaired) electrons. The molecule has 1 atom stereocenters. The lowest BCUT2D eigenvalue weighted by molar-refractivity contribution is 0.187. The van der Waals surface area contributed by atoms with E-state index in [4.69, 9.17) is 11.6 Å². The third-order valence-electron chi connectivity index (χ3n) is 3.95. The number of aromatic nitrogens is 4. The first kappa shape index (κ1) is 16.2. The van der Waals surface area contributed by atoms with E-state index in [9.17, 15) is 0 Å². The van der Waals surface area contributed by atoms with E-state index in [2.05, 4.69) is 40.7 Å². The summed E-state index contributed by atoms with van der Waals surface area (Å²) in [5.41, 5.74) is 0.796. The molecule has 1 unspecified atom stereocenters. The average molecular weight is 310 g/mol. The molecule has 0 aliphatic carbocycles. The number of nitrogens with zero attached hydrogens (tertiary/aromatic N) is 5. The maximum absolute atomic E-state index is 6.25. The number of aryl methyl sites for hydroxylation is 1. The smallest absolute Gasteiger partial charge is 0.162 e. The highest BCUT2D eigenvalue weighted by atomic mass is 35.5. The number of hydrogen-bond donors (Lipinski definition) is 0. The van der Waals surface area contributed by atoms with Crippen LogP contribution in [0.2, 0.25) is 5.15 Å². The van der Waals surface area contributed by atoms with E-state index in [1.165, 1.54) is 12.8 Å². The molecule has 0 bridgehead atoms. The summed E-state index contributed by atoms with van der Waals surface area (Å²) < 4.78 is 1.74. The second-order valence-electron chi connectivity index (χ2n) is 5.52. The summed E-state index contributed by atoms with van der Waals surface area (Å²) in [4.78, 5) is 11.5. The van der Waals surface area contributed by atoms with Crippen LogP contribution in [0.3, 0.4) is 0 Å². The zero-order valence-corrected chi connectivity index (χ0v) is 14.1. The predicted octanol–water partition coefficient (Wildman–Crippen LogP) is 3.42. The molecule has 0 N–H and O–H groups in total. The summed E-state index contributed by atoms with van der Waals surface area (Å²) in [6.45, 7) is 8.47. The van der Waals surface area contributed by atoms with Crippen molar-refractivity contribution in [3.63, 3.8) is 0 Å². The minimum Gasteiger partial charge on any atom is -0.293 e. The van der Waals surface area contributed by atoms with Crippen LogP contribution in [-0.2, 0) is 13.6 Å². The summed E-state index contributed by atoms with van der Waals surface area (Å²) in [7, 11) is 1.87. The Hall–Kier alpha value is -1.20. The molecule has 2 aromatic heterocycles. The molecule has 21 heavy (non-hydrogen) atoms. The van der Waals surface area contributed by atoms with E-state index in [1.807, 2.05) is 7.05 Å². The summed E-state index contributed by atoms with van der Waals surface area (Å²) >= 11 is 6.25. The Morgan fingerprint density at radius 2 is 2.10 bits per heavy atom. The van der Waals surface area contributed by atoms with Gasteiger partial charge in [-0.05, 0) is 26.3 Å². The molecule has 0 spiro atoms. The molecule has 0 aliphatic rings. The quantitative estimate of drug-likeness (QED) is 0.735. The zero-order chi connectivity index (χ0) is 15.4. The van der Waals surface area contributed by atoms with Gasteiger partial charge in [-0.3, -0.25) is 9.58 Å². The number of unbranched alkanes of at least 4 members (excludes halogenated alkanes) is 1. The number of halogens is 1. The van der Waals surface area contributed by atoms with Gasteiger partial charge in [0, 0.05) is 13.1 Å². The van der Waals surface area contributed by atoms with Gasteiger partial charge >= 0.3 is 0 Å². The molecule has 0 amide bonds. The van der Waals surface area contributed by atoms with Gasteiger partial charge in [0.25, 0.3) is 0 Å². The Balaban J connectivity index is 2.25. The van der Waals surface area contributed by atoms with Crippen molar-refractivity contribution in [3.8, 4) is 0 Å². The Labute approximate surface area is 131 Å². The van der Waals surface area contributed by atoms with Crippen LogP contribution in [-0.4, -0.2) is 37.2 Å². The summed E-state index contributed by atoms with van der Waals surface area (Å²) in [5, 5.41) is 5.49. The minimum atomic E-state index is 0.489. The van der Waals surface area contributed by atoms with Gasteiger partial charge in [-0.15, -0.1) is 0 Å². The van der Waals surface area contributed by atoms with Gasteiger partial charge in [0.15, 0.2) is 5.65 Å². The zero-order valence-electron chi connectivity index (χ0n) is 13.3. The number of fused-ring (bicyclic) bond motifs is 1. The SMILES string of the molecule is CCCCN(Cc1nc(Cl)c2cnn(C)c2n1)C(C)CC. The van der Waals surface area contributed by atoms with E-state index in [0.717, 1.165) is 36.4 Å². The van der Waals surface area contributed by atoms with Crippen molar-refractivity contribution in [2.24, 2.45) is 7.05 Å². The largest absolute Gasteiger partial charge is 0.293 e. The Kier molecular flexibility index (Phi) is 5.53. The number of hydrogen-bond acceptors (Lipinski definition) is 4. The molecule has 5 nitrogen and oxygen atoms in total. The van der Waals surface area contributed by atoms with Crippen LogP contribution in [0.25, 0.3) is 11.0 Å². The monoisotopic (exact) mass is 309 g/mol. The minimum absolute atomic E-state index is 0.489. The van der Waals surface area contributed by atoms with Crippen molar-refractivity contribution in [3.05, 3.63) is 17.2 Å². The average Bonchev–Trinajstić information content (AvgIpc) is 2.85. The van der Waals surface area contributed by atoms with Gasteiger partial charge in [0.05, 0.1) is 18.1 Å². The molecule has 0 fully saturated rings. The van der Waals surface area contributed by atoms with Crippen molar-refractivity contribution < 1.29 is 0 Å². The van der Waals surface area contributed by atoms with Gasteiger partial charge in [-0.2, -0.15) is 5.10 Å². The number of rotatable bonds is 7. The summed E-state index contributed by atoms with van der Waals surface area (Å²) in [5.74, 6) is 0.771. The second-order valence-corrected chi connectivity index (χ2v) is 5.88. The summed E-state index contributed by atoms with van der Waals surface area (Å²) in [6, 6.07) is 0.515. The first-order valence-corrected chi connectivity index (χ1v) is 8.02. The Morgan fingerprint density at radius 3 is 2.76 bits per heavy atom. The fraction of sp³-hybridized carbons (Fsp3) is 0.667. The fourth-order valence-electron chi connectivity index (χ4n) is 2.36. The highest BCUT2D eigenvalue weighted by Gasteiger charge is 2.16. The van der Waals surface area contributed by atoms with Gasteiger partial charge in [0.1, 0.15) is 11.0 Å². The van der Waals surface area contributed by atoms with Crippen LogP contribution in [0.15, 0.2) is 6.20 Å². The first-order valence-electron chi connectivity index (χ1n) is 7.65. The molecular weight excluding hydrogens is 286 g/mol. The normalized spacial score (nSPS) is 13.2. The van der Waals surface area contributed by atoms with E-state index in [-0.39, 0.29) is 0 Å². The highest BCUT2D eigenvalue weighted by molar-refractivity contribution is 6.33. The van der Waals surface area contributed by atoms with Crippen LogP contribution < -0.4 is 0 Å². The molecule has 2 heterocycles. The van der Waals surface area contributed by atoms with Crippen LogP contribution in [0.5, 0.6) is 0 Å². The summed E-state index contributed by atoms with van der Waals surface area (Å²) in [6.07, 6.45) is 5.21. The van der Waals surface area contributed by atoms with Gasteiger partial charge in [-0.1, -0.05) is 31.9 Å². The first-order chi connectivity index (χ1) is 10.1. The van der Waals surface area contributed by atoms with E-state index in [0.29, 0.717) is 11.2 Å². The third kappa shape index (κ3) is 3.71. The molecule has 6 heteroatoms. The molecule has 0 aromatic carbocycles. The van der Waals surface area contributed by atoms with Gasteiger partial charge in [0.2, 0.25) is 0 Å².